The first-order chi connectivity index (χ1) is 15.7. The second-order valence-corrected chi connectivity index (χ2v) is 7.62. The van der Waals surface area contributed by atoms with Crippen LogP contribution in [0.25, 0.3) is 21.9 Å². The van der Waals surface area contributed by atoms with E-state index in [1.54, 1.807) is 6.20 Å². The number of carbonyl (C=O) groups is 1. The summed E-state index contributed by atoms with van der Waals surface area (Å²) in [6.45, 7) is 0.441. The van der Waals surface area contributed by atoms with E-state index >= 15 is 0 Å². The van der Waals surface area contributed by atoms with Crippen molar-refractivity contribution >= 4 is 16.9 Å². The third-order valence-corrected chi connectivity index (χ3v) is 5.64. The molecule has 0 aliphatic heterocycles. The van der Waals surface area contributed by atoms with Crippen LogP contribution in [-0.4, -0.2) is 24.2 Å². The van der Waals surface area contributed by atoms with Crippen molar-refractivity contribution in [3.63, 3.8) is 0 Å². The second kappa shape index (κ2) is 8.44. The van der Waals surface area contributed by atoms with Gasteiger partial charge in [-0.05, 0) is 45.2 Å². The lowest BCUT2D eigenvalue weighted by molar-refractivity contribution is 0.144. The summed E-state index contributed by atoms with van der Waals surface area (Å²) in [5.41, 5.74) is 5.37. The minimum Gasteiger partial charge on any atom is -0.449 e. The quantitative estimate of drug-likeness (QED) is 0.482. The summed E-state index contributed by atoms with van der Waals surface area (Å²) in [7, 11) is 0. The first-order valence-electron chi connectivity index (χ1n) is 10.4. The SMILES string of the molecule is O=C(NCC#Cc1ccc2c[nH]c(=O)cc2c1)OCC1c2ccccc2-c2ccccc21. The number of nitrogens with one attached hydrogen (secondary N) is 2. The first kappa shape index (κ1) is 19.7. The summed E-state index contributed by atoms with van der Waals surface area (Å²) in [5.74, 6) is 5.95. The third kappa shape index (κ3) is 3.86. The van der Waals surface area contributed by atoms with E-state index in [1.807, 2.05) is 42.5 Å². The van der Waals surface area contributed by atoms with Gasteiger partial charge >= 0.3 is 6.09 Å². The molecule has 156 valence electrons. The molecule has 1 aromatic heterocycles. The van der Waals surface area contributed by atoms with Crippen molar-refractivity contribution in [3.8, 4) is 23.0 Å². The van der Waals surface area contributed by atoms with E-state index in [9.17, 15) is 9.59 Å². The highest BCUT2D eigenvalue weighted by Crippen LogP contribution is 2.44. The van der Waals surface area contributed by atoms with Crippen LogP contribution in [0.4, 0.5) is 4.79 Å². The molecule has 32 heavy (non-hydrogen) atoms. The van der Waals surface area contributed by atoms with Gasteiger partial charge < -0.3 is 15.0 Å². The molecule has 1 aliphatic rings. The van der Waals surface area contributed by atoms with Gasteiger partial charge in [-0.15, -0.1) is 0 Å². The molecule has 5 nitrogen and oxygen atoms in total. The zero-order chi connectivity index (χ0) is 21.9. The van der Waals surface area contributed by atoms with Crippen LogP contribution in [0.5, 0.6) is 0 Å². The molecule has 3 aromatic carbocycles. The Bertz CT molecular complexity index is 1400. The van der Waals surface area contributed by atoms with Gasteiger partial charge in [-0.3, -0.25) is 4.79 Å². The fourth-order valence-corrected chi connectivity index (χ4v) is 4.15. The van der Waals surface area contributed by atoms with Crippen LogP contribution in [-0.2, 0) is 4.74 Å². The van der Waals surface area contributed by atoms with E-state index in [1.165, 1.54) is 28.3 Å². The van der Waals surface area contributed by atoms with Gasteiger partial charge in [-0.2, -0.15) is 0 Å². The molecule has 0 unspecified atom stereocenters. The van der Waals surface area contributed by atoms with Crippen molar-refractivity contribution < 1.29 is 9.53 Å². The van der Waals surface area contributed by atoms with Crippen molar-refractivity contribution in [1.29, 1.82) is 0 Å². The predicted octanol–water partition coefficient (Wildman–Crippen LogP) is 4.42. The van der Waals surface area contributed by atoms with Crippen LogP contribution >= 0.6 is 0 Å². The monoisotopic (exact) mass is 420 g/mol. The standard InChI is InChI=1S/C27H20N2O3/c30-26-15-20-14-18(11-12-19(20)16-29-26)6-5-13-28-27(31)32-17-25-23-9-3-1-7-21(23)22-8-2-4-10-24(22)25/h1-4,7-12,14-16,25H,13,17H2,(H,28,31)(H,29,30). The molecule has 0 saturated heterocycles. The number of carbonyl (C=O) groups excluding carboxylic acids is 1. The number of ether oxygens (including phenoxy) is 1. The third-order valence-electron chi connectivity index (χ3n) is 5.64. The van der Waals surface area contributed by atoms with Crippen LogP contribution in [0.3, 0.4) is 0 Å². The van der Waals surface area contributed by atoms with Gasteiger partial charge in [0.15, 0.2) is 0 Å². The van der Waals surface area contributed by atoms with Gasteiger partial charge in [0.2, 0.25) is 5.56 Å². The average molecular weight is 420 g/mol. The Hall–Kier alpha value is -4.30. The lowest BCUT2D eigenvalue weighted by Gasteiger charge is -2.14. The number of H-pyrrole nitrogens is 1. The molecule has 5 heteroatoms. The molecule has 0 saturated carbocycles. The summed E-state index contributed by atoms with van der Waals surface area (Å²) < 4.78 is 5.51. The van der Waals surface area contributed by atoms with Gasteiger partial charge in [0.1, 0.15) is 6.61 Å². The Morgan fingerprint density at radius 3 is 2.41 bits per heavy atom. The van der Waals surface area contributed by atoms with Gasteiger partial charge in [-0.1, -0.05) is 66.4 Å². The molecule has 1 aliphatic carbocycles. The van der Waals surface area contributed by atoms with Crippen LogP contribution in [0.15, 0.2) is 83.8 Å². The highest BCUT2D eigenvalue weighted by Gasteiger charge is 2.28. The largest absolute Gasteiger partial charge is 0.449 e. The predicted molar refractivity (Wildman–Crippen MR) is 125 cm³/mol. The van der Waals surface area contributed by atoms with Crippen molar-refractivity contribution in [1.82, 2.24) is 10.3 Å². The van der Waals surface area contributed by atoms with E-state index in [0.29, 0.717) is 0 Å². The molecular weight excluding hydrogens is 400 g/mol. The molecule has 1 heterocycles. The van der Waals surface area contributed by atoms with E-state index in [0.717, 1.165) is 16.3 Å². The van der Waals surface area contributed by atoms with Gasteiger partial charge in [0.25, 0.3) is 0 Å². The normalized spacial score (nSPS) is 11.9. The lowest BCUT2D eigenvalue weighted by Crippen LogP contribution is -2.26. The van der Waals surface area contributed by atoms with Crippen molar-refractivity contribution in [2.75, 3.05) is 13.2 Å². The summed E-state index contributed by atoms with van der Waals surface area (Å²) in [5, 5.41) is 4.44. The number of fused-ring (bicyclic) bond motifs is 4. The maximum absolute atomic E-state index is 12.2. The average Bonchev–Trinajstić information content (AvgIpc) is 3.14. The van der Waals surface area contributed by atoms with E-state index in [-0.39, 0.29) is 24.6 Å². The molecule has 0 spiro atoms. The molecule has 0 fully saturated rings. The van der Waals surface area contributed by atoms with E-state index < -0.39 is 6.09 Å². The van der Waals surface area contributed by atoms with Crippen molar-refractivity contribution in [2.24, 2.45) is 0 Å². The number of benzene rings is 3. The number of aromatic nitrogens is 1. The number of amides is 1. The Balaban J connectivity index is 1.20. The number of pyridine rings is 1. The highest BCUT2D eigenvalue weighted by molar-refractivity contribution is 5.83. The lowest BCUT2D eigenvalue weighted by atomic mass is 9.98. The smallest absolute Gasteiger partial charge is 0.407 e. The molecule has 2 N–H and O–H groups in total. The minimum absolute atomic E-state index is 0.0278. The number of alkyl carbamates (subject to hydrolysis) is 1. The number of hydrogen-bond acceptors (Lipinski definition) is 3. The number of hydrogen-bond donors (Lipinski definition) is 2. The second-order valence-electron chi connectivity index (χ2n) is 7.62. The molecule has 1 amide bonds. The fraction of sp³-hybridized carbons (Fsp3) is 0.111. The first-order valence-corrected chi connectivity index (χ1v) is 10.4. The van der Waals surface area contributed by atoms with Gasteiger partial charge in [0.05, 0.1) is 6.54 Å². The topological polar surface area (TPSA) is 71.2 Å². The molecular formula is C27H20N2O3. The summed E-state index contributed by atoms with van der Waals surface area (Å²) >= 11 is 0. The summed E-state index contributed by atoms with van der Waals surface area (Å²) in [6, 6.07) is 23.6. The van der Waals surface area contributed by atoms with Gasteiger partial charge in [0, 0.05) is 23.7 Å². The highest BCUT2D eigenvalue weighted by atomic mass is 16.5. The maximum atomic E-state index is 12.2. The molecule has 0 bridgehead atoms. The number of aromatic amines is 1. The Labute approximate surface area is 185 Å². The van der Waals surface area contributed by atoms with E-state index in [4.69, 9.17) is 4.74 Å². The van der Waals surface area contributed by atoms with Crippen molar-refractivity contribution in [3.05, 3.63) is 106 Å². The molecule has 0 radical (unpaired) electrons. The van der Waals surface area contributed by atoms with Crippen LogP contribution < -0.4 is 10.9 Å². The molecule has 0 atom stereocenters. The van der Waals surface area contributed by atoms with Gasteiger partial charge in [-0.25, -0.2) is 4.79 Å². The Kier molecular flexibility index (Phi) is 5.19. The van der Waals surface area contributed by atoms with Crippen LogP contribution in [0.1, 0.15) is 22.6 Å². The Morgan fingerprint density at radius 2 is 1.66 bits per heavy atom. The van der Waals surface area contributed by atoms with Crippen LogP contribution in [0.2, 0.25) is 0 Å². The summed E-state index contributed by atoms with van der Waals surface area (Å²) in [6.07, 6.45) is 1.18. The van der Waals surface area contributed by atoms with Crippen molar-refractivity contribution in [2.45, 2.75) is 5.92 Å². The zero-order valence-corrected chi connectivity index (χ0v) is 17.2. The number of rotatable bonds is 3. The molecule has 5 rings (SSSR count). The molecule has 4 aromatic rings. The summed E-state index contributed by atoms with van der Waals surface area (Å²) in [4.78, 5) is 26.3. The zero-order valence-electron chi connectivity index (χ0n) is 17.2. The maximum Gasteiger partial charge on any atom is 0.407 e. The van der Waals surface area contributed by atoms with E-state index in [2.05, 4.69) is 46.4 Å². The fourth-order valence-electron chi connectivity index (χ4n) is 4.15. The van der Waals surface area contributed by atoms with Crippen LogP contribution in [0, 0.1) is 11.8 Å². The Morgan fingerprint density at radius 1 is 0.938 bits per heavy atom. The minimum atomic E-state index is -0.494.